The molecule has 2 rings (SSSR count). The van der Waals surface area contributed by atoms with E-state index in [1.807, 2.05) is 58.3 Å². The molecule has 15 heavy (non-hydrogen) atoms. The van der Waals surface area contributed by atoms with Gasteiger partial charge in [-0.05, 0) is 12.1 Å². The summed E-state index contributed by atoms with van der Waals surface area (Å²) >= 11 is 0. The predicted molar refractivity (Wildman–Crippen MR) is 68.8 cm³/mol. The van der Waals surface area contributed by atoms with Gasteiger partial charge in [0, 0.05) is 18.1 Å². The van der Waals surface area contributed by atoms with Gasteiger partial charge in [0.25, 0.3) is 0 Å². The lowest BCUT2D eigenvalue weighted by Crippen LogP contribution is -2.19. The van der Waals surface area contributed by atoms with Gasteiger partial charge in [0.15, 0.2) is 0 Å². The lowest BCUT2D eigenvalue weighted by molar-refractivity contribution is 0.901. The standard InChI is InChI=1S/C9H10N2.2C2H6/c1-2-4-9(5-3-1)11-7-6-10-8-11;2*1-2/h1-7,10H,8H2;2*1-2H3. The van der Waals surface area contributed by atoms with Crippen LogP contribution in [0.3, 0.4) is 0 Å². The Balaban J connectivity index is 0.000000442. The normalized spacial score (nSPS) is 11.9. The number of nitrogens with zero attached hydrogens (tertiary/aromatic N) is 1. The smallest absolute Gasteiger partial charge is 0.0916 e. The van der Waals surface area contributed by atoms with Crippen molar-refractivity contribution in [1.29, 1.82) is 0 Å². The van der Waals surface area contributed by atoms with Gasteiger partial charge in [-0.15, -0.1) is 0 Å². The SMILES string of the molecule is C1=CN(c2ccccc2)CN1.CC.CC. The predicted octanol–water partition coefficient (Wildman–Crippen LogP) is 3.58. The number of hydrogen-bond acceptors (Lipinski definition) is 2. The molecule has 1 aromatic rings. The van der Waals surface area contributed by atoms with Crippen LogP contribution < -0.4 is 10.2 Å². The first-order valence-corrected chi connectivity index (χ1v) is 5.68. The highest BCUT2D eigenvalue weighted by Crippen LogP contribution is 2.13. The van der Waals surface area contributed by atoms with Crippen molar-refractivity contribution < 1.29 is 0 Å². The molecule has 0 radical (unpaired) electrons. The Kier molecular flexibility index (Phi) is 8.25. The fraction of sp³-hybridized carbons (Fsp3) is 0.385. The van der Waals surface area contributed by atoms with Crippen molar-refractivity contribution in [3.05, 3.63) is 42.7 Å². The molecule has 1 aliphatic heterocycles. The van der Waals surface area contributed by atoms with E-state index >= 15 is 0 Å². The number of benzene rings is 1. The van der Waals surface area contributed by atoms with Crippen LogP contribution in [0, 0.1) is 0 Å². The maximum absolute atomic E-state index is 3.12. The van der Waals surface area contributed by atoms with Crippen LogP contribution in [0.5, 0.6) is 0 Å². The highest BCUT2D eigenvalue weighted by Gasteiger charge is 2.03. The van der Waals surface area contributed by atoms with Crippen LogP contribution in [0.4, 0.5) is 5.69 Å². The average molecular weight is 206 g/mol. The summed E-state index contributed by atoms with van der Waals surface area (Å²) in [6.07, 6.45) is 3.99. The van der Waals surface area contributed by atoms with Crippen molar-refractivity contribution >= 4 is 5.69 Å². The third-order valence-electron chi connectivity index (χ3n) is 1.72. The molecule has 1 N–H and O–H groups in total. The molecule has 1 aromatic carbocycles. The second kappa shape index (κ2) is 9.13. The lowest BCUT2D eigenvalue weighted by atomic mass is 10.3. The Labute approximate surface area is 93.6 Å². The zero-order chi connectivity index (χ0) is 11.5. The first-order valence-electron chi connectivity index (χ1n) is 5.68. The van der Waals surface area contributed by atoms with Gasteiger partial charge in [-0.1, -0.05) is 45.9 Å². The quantitative estimate of drug-likeness (QED) is 0.755. The highest BCUT2D eigenvalue weighted by molar-refractivity contribution is 5.49. The van der Waals surface area contributed by atoms with E-state index in [4.69, 9.17) is 0 Å². The van der Waals surface area contributed by atoms with Crippen LogP contribution >= 0.6 is 0 Å². The van der Waals surface area contributed by atoms with Crippen molar-refractivity contribution in [3.8, 4) is 0 Å². The van der Waals surface area contributed by atoms with E-state index in [-0.39, 0.29) is 0 Å². The number of para-hydroxylation sites is 1. The van der Waals surface area contributed by atoms with Crippen LogP contribution in [0.1, 0.15) is 27.7 Å². The summed E-state index contributed by atoms with van der Waals surface area (Å²) in [5.41, 5.74) is 1.23. The Morgan fingerprint density at radius 1 is 1.00 bits per heavy atom. The van der Waals surface area contributed by atoms with Crippen LogP contribution in [0.25, 0.3) is 0 Å². The Bertz CT molecular complexity index is 254. The van der Waals surface area contributed by atoms with Crippen LogP contribution in [0.15, 0.2) is 42.7 Å². The molecule has 0 bridgehead atoms. The van der Waals surface area contributed by atoms with Crippen molar-refractivity contribution in [1.82, 2.24) is 5.32 Å². The zero-order valence-electron chi connectivity index (χ0n) is 10.2. The minimum Gasteiger partial charge on any atom is -0.372 e. The maximum Gasteiger partial charge on any atom is 0.0916 e. The summed E-state index contributed by atoms with van der Waals surface area (Å²) in [4.78, 5) is 2.15. The van der Waals surface area contributed by atoms with E-state index in [1.54, 1.807) is 0 Å². The Hall–Kier alpha value is -1.44. The molecule has 0 aliphatic carbocycles. The van der Waals surface area contributed by atoms with E-state index in [1.165, 1.54) is 5.69 Å². The van der Waals surface area contributed by atoms with E-state index < -0.39 is 0 Å². The molecule has 84 valence electrons. The van der Waals surface area contributed by atoms with Crippen molar-refractivity contribution in [3.63, 3.8) is 0 Å². The summed E-state index contributed by atoms with van der Waals surface area (Å²) in [5.74, 6) is 0. The van der Waals surface area contributed by atoms with Crippen molar-refractivity contribution in [2.24, 2.45) is 0 Å². The number of hydrogen-bond donors (Lipinski definition) is 1. The second-order valence-electron chi connectivity index (χ2n) is 2.48. The molecule has 2 nitrogen and oxygen atoms in total. The second-order valence-corrected chi connectivity index (χ2v) is 2.48. The molecule has 0 fully saturated rings. The Morgan fingerprint density at radius 2 is 1.60 bits per heavy atom. The zero-order valence-corrected chi connectivity index (χ0v) is 10.2. The maximum atomic E-state index is 3.12. The molecule has 1 heterocycles. The van der Waals surface area contributed by atoms with E-state index in [9.17, 15) is 0 Å². The molecule has 0 atom stereocenters. The number of anilines is 1. The fourth-order valence-electron chi connectivity index (χ4n) is 1.14. The van der Waals surface area contributed by atoms with Crippen molar-refractivity contribution in [2.45, 2.75) is 27.7 Å². The minimum atomic E-state index is 0.879. The fourth-order valence-corrected chi connectivity index (χ4v) is 1.14. The molecule has 0 spiro atoms. The topological polar surface area (TPSA) is 15.3 Å². The molecular formula is C13H22N2. The van der Waals surface area contributed by atoms with Gasteiger partial charge in [-0.2, -0.15) is 0 Å². The third-order valence-corrected chi connectivity index (χ3v) is 1.72. The Morgan fingerprint density at radius 3 is 2.07 bits per heavy atom. The van der Waals surface area contributed by atoms with Crippen LogP contribution in [-0.4, -0.2) is 6.67 Å². The minimum absolute atomic E-state index is 0.879. The molecule has 1 aliphatic rings. The van der Waals surface area contributed by atoms with Gasteiger partial charge in [-0.3, -0.25) is 0 Å². The third kappa shape index (κ3) is 4.54. The number of nitrogens with one attached hydrogen (secondary N) is 1. The van der Waals surface area contributed by atoms with Gasteiger partial charge in [-0.25, -0.2) is 0 Å². The monoisotopic (exact) mass is 206 g/mol. The highest BCUT2D eigenvalue weighted by atomic mass is 15.2. The van der Waals surface area contributed by atoms with Gasteiger partial charge < -0.3 is 10.2 Å². The van der Waals surface area contributed by atoms with Crippen molar-refractivity contribution in [2.75, 3.05) is 11.6 Å². The van der Waals surface area contributed by atoms with Gasteiger partial charge in [0.05, 0.1) is 6.67 Å². The summed E-state index contributed by atoms with van der Waals surface area (Å²) in [5, 5.41) is 3.12. The average Bonchev–Trinajstić information content (AvgIpc) is 2.89. The largest absolute Gasteiger partial charge is 0.372 e. The molecule has 0 aromatic heterocycles. The molecule has 0 amide bonds. The first kappa shape index (κ1) is 13.6. The first-order chi connectivity index (χ1) is 7.47. The van der Waals surface area contributed by atoms with E-state index in [2.05, 4.69) is 22.3 Å². The molecule has 2 heteroatoms. The van der Waals surface area contributed by atoms with Crippen LogP contribution in [-0.2, 0) is 0 Å². The van der Waals surface area contributed by atoms with E-state index in [0.717, 1.165) is 6.67 Å². The molecular weight excluding hydrogens is 184 g/mol. The summed E-state index contributed by atoms with van der Waals surface area (Å²) < 4.78 is 0. The summed E-state index contributed by atoms with van der Waals surface area (Å²) in [7, 11) is 0. The van der Waals surface area contributed by atoms with Gasteiger partial charge in [0.1, 0.15) is 0 Å². The number of rotatable bonds is 1. The summed E-state index contributed by atoms with van der Waals surface area (Å²) in [6, 6.07) is 10.3. The molecule has 0 saturated carbocycles. The van der Waals surface area contributed by atoms with E-state index in [0.29, 0.717) is 0 Å². The lowest BCUT2D eigenvalue weighted by Gasteiger charge is -2.13. The molecule has 0 unspecified atom stereocenters. The summed E-state index contributed by atoms with van der Waals surface area (Å²) in [6.45, 7) is 8.88. The van der Waals surface area contributed by atoms with Gasteiger partial charge >= 0.3 is 0 Å². The van der Waals surface area contributed by atoms with Crippen LogP contribution in [0.2, 0.25) is 0 Å². The molecule has 0 saturated heterocycles. The van der Waals surface area contributed by atoms with Gasteiger partial charge in [0.2, 0.25) is 0 Å².